The van der Waals surface area contributed by atoms with Crippen LogP contribution in [0.4, 0.5) is 0 Å². The standard InChI is InChI=1S/C20H24O5/c1-4-24-18-11-10-14(13-19(18)25-5-2)12-16(20(21)22)15-8-6-7-9-17(15)23-3/h6-11,13,16H,4-5,12H2,1-3H3,(H,21,22). The van der Waals surface area contributed by atoms with Crippen molar-refractivity contribution in [2.24, 2.45) is 0 Å². The molecule has 0 saturated heterocycles. The molecule has 134 valence electrons. The Labute approximate surface area is 148 Å². The first-order chi connectivity index (χ1) is 12.1. The maximum atomic E-state index is 11.8. The van der Waals surface area contributed by atoms with Crippen LogP contribution in [0.15, 0.2) is 42.5 Å². The van der Waals surface area contributed by atoms with E-state index in [1.54, 1.807) is 19.2 Å². The van der Waals surface area contributed by atoms with Crippen LogP contribution >= 0.6 is 0 Å². The third-order valence-electron chi connectivity index (χ3n) is 3.86. The summed E-state index contributed by atoms with van der Waals surface area (Å²) in [5.41, 5.74) is 1.52. The molecule has 0 aliphatic heterocycles. The zero-order valence-electron chi connectivity index (χ0n) is 14.8. The topological polar surface area (TPSA) is 65.0 Å². The SMILES string of the molecule is CCOc1ccc(CC(C(=O)O)c2ccccc2OC)cc1OCC. The van der Waals surface area contributed by atoms with Gasteiger partial charge < -0.3 is 19.3 Å². The van der Waals surface area contributed by atoms with Gasteiger partial charge in [-0.3, -0.25) is 4.79 Å². The van der Waals surface area contributed by atoms with Crippen molar-refractivity contribution >= 4 is 5.97 Å². The lowest BCUT2D eigenvalue weighted by molar-refractivity contribution is -0.138. The van der Waals surface area contributed by atoms with Gasteiger partial charge >= 0.3 is 5.97 Å². The molecule has 0 amide bonds. The molecule has 2 aromatic rings. The predicted molar refractivity (Wildman–Crippen MR) is 95.9 cm³/mol. The fourth-order valence-corrected chi connectivity index (χ4v) is 2.74. The quantitative estimate of drug-likeness (QED) is 0.747. The minimum absolute atomic E-state index is 0.336. The van der Waals surface area contributed by atoms with Crippen molar-refractivity contribution in [1.82, 2.24) is 0 Å². The molecule has 0 aliphatic rings. The first kappa shape index (κ1) is 18.6. The number of para-hydroxylation sites is 1. The number of rotatable bonds is 9. The Bertz CT molecular complexity index is 711. The van der Waals surface area contributed by atoms with Crippen molar-refractivity contribution in [3.8, 4) is 17.2 Å². The van der Waals surface area contributed by atoms with Crippen molar-refractivity contribution in [2.45, 2.75) is 26.2 Å². The number of aliphatic carboxylic acids is 1. The third-order valence-corrected chi connectivity index (χ3v) is 3.86. The summed E-state index contributed by atoms with van der Waals surface area (Å²) in [6, 6.07) is 12.7. The van der Waals surface area contributed by atoms with Crippen LogP contribution in [0.2, 0.25) is 0 Å². The van der Waals surface area contributed by atoms with E-state index in [9.17, 15) is 9.90 Å². The van der Waals surface area contributed by atoms with Crippen molar-refractivity contribution in [2.75, 3.05) is 20.3 Å². The molecule has 0 radical (unpaired) electrons. The molecular formula is C20H24O5. The average Bonchev–Trinajstić information content (AvgIpc) is 2.62. The number of ether oxygens (including phenoxy) is 3. The molecular weight excluding hydrogens is 320 g/mol. The van der Waals surface area contributed by atoms with Crippen LogP contribution in [0.25, 0.3) is 0 Å². The van der Waals surface area contributed by atoms with Crippen LogP contribution in [0.3, 0.4) is 0 Å². The molecule has 1 unspecified atom stereocenters. The van der Waals surface area contributed by atoms with Crippen LogP contribution in [0, 0.1) is 0 Å². The summed E-state index contributed by atoms with van der Waals surface area (Å²) in [6.45, 7) is 4.86. The van der Waals surface area contributed by atoms with Crippen LogP contribution in [0.1, 0.15) is 30.9 Å². The van der Waals surface area contributed by atoms with Crippen LogP contribution < -0.4 is 14.2 Å². The molecule has 1 N–H and O–H groups in total. The maximum Gasteiger partial charge on any atom is 0.311 e. The highest BCUT2D eigenvalue weighted by Crippen LogP contribution is 2.33. The molecule has 25 heavy (non-hydrogen) atoms. The zero-order chi connectivity index (χ0) is 18.2. The van der Waals surface area contributed by atoms with E-state index in [-0.39, 0.29) is 0 Å². The molecule has 5 heteroatoms. The number of hydrogen-bond acceptors (Lipinski definition) is 4. The van der Waals surface area contributed by atoms with E-state index < -0.39 is 11.9 Å². The van der Waals surface area contributed by atoms with Crippen molar-refractivity contribution in [1.29, 1.82) is 0 Å². The van der Waals surface area contributed by atoms with Gasteiger partial charge in [0.25, 0.3) is 0 Å². The first-order valence-corrected chi connectivity index (χ1v) is 8.34. The minimum Gasteiger partial charge on any atom is -0.496 e. The number of carboxylic acid groups (broad SMARTS) is 1. The van der Waals surface area contributed by atoms with Gasteiger partial charge in [0.2, 0.25) is 0 Å². The number of carbonyl (C=O) groups is 1. The number of hydrogen-bond donors (Lipinski definition) is 1. The van der Waals surface area contributed by atoms with Gasteiger partial charge in [0.05, 0.1) is 26.2 Å². The van der Waals surface area contributed by atoms with Gasteiger partial charge in [0.15, 0.2) is 11.5 Å². The molecule has 0 spiro atoms. The van der Waals surface area contributed by atoms with Gasteiger partial charge in [-0.15, -0.1) is 0 Å². The lowest BCUT2D eigenvalue weighted by Gasteiger charge is -2.17. The molecule has 2 rings (SSSR count). The van der Waals surface area contributed by atoms with Gasteiger partial charge in [-0.05, 0) is 44.0 Å². The second kappa shape index (κ2) is 8.97. The Morgan fingerprint density at radius 1 is 1.00 bits per heavy atom. The van der Waals surface area contributed by atoms with E-state index in [0.29, 0.717) is 42.4 Å². The van der Waals surface area contributed by atoms with E-state index in [4.69, 9.17) is 14.2 Å². The Morgan fingerprint density at radius 2 is 1.68 bits per heavy atom. The summed E-state index contributed by atoms with van der Waals surface area (Å²) in [4.78, 5) is 11.8. The van der Waals surface area contributed by atoms with E-state index in [1.807, 2.05) is 44.2 Å². The van der Waals surface area contributed by atoms with Crippen LogP contribution in [-0.4, -0.2) is 31.4 Å². The Balaban J connectivity index is 2.33. The molecule has 0 fully saturated rings. The summed E-state index contributed by atoms with van der Waals surface area (Å²) in [5.74, 6) is 0.272. The molecule has 0 aromatic heterocycles. The molecule has 0 heterocycles. The smallest absolute Gasteiger partial charge is 0.311 e. The highest BCUT2D eigenvalue weighted by atomic mass is 16.5. The van der Waals surface area contributed by atoms with Crippen molar-refractivity contribution < 1.29 is 24.1 Å². The van der Waals surface area contributed by atoms with Gasteiger partial charge in [0.1, 0.15) is 5.75 Å². The third kappa shape index (κ3) is 4.66. The van der Waals surface area contributed by atoms with E-state index >= 15 is 0 Å². The fourth-order valence-electron chi connectivity index (χ4n) is 2.74. The van der Waals surface area contributed by atoms with E-state index in [0.717, 1.165) is 5.56 Å². The summed E-state index contributed by atoms with van der Waals surface area (Å²) in [7, 11) is 1.54. The summed E-state index contributed by atoms with van der Waals surface area (Å²) in [6.07, 6.45) is 0.336. The lowest BCUT2D eigenvalue weighted by atomic mass is 9.91. The molecule has 0 bridgehead atoms. The summed E-state index contributed by atoms with van der Waals surface area (Å²) < 4.78 is 16.5. The van der Waals surface area contributed by atoms with Gasteiger partial charge in [-0.25, -0.2) is 0 Å². The highest BCUT2D eigenvalue weighted by Gasteiger charge is 2.24. The Hall–Kier alpha value is -2.69. The predicted octanol–water partition coefficient (Wildman–Crippen LogP) is 3.90. The first-order valence-electron chi connectivity index (χ1n) is 8.34. The molecule has 0 saturated carbocycles. The second-order valence-corrected chi connectivity index (χ2v) is 5.48. The largest absolute Gasteiger partial charge is 0.496 e. The maximum absolute atomic E-state index is 11.8. The van der Waals surface area contributed by atoms with Gasteiger partial charge in [0, 0.05) is 5.56 Å². The number of methoxy groups -OCH3 is 1. The van der Waals surface area contributed by atoms with E-state index in [2.05, 4.69) is 0 Å². The molecule has 5 nitrogen and oxygen atoms in total. The summed E-state index contributed by atoms with van der Waals surface area (Å²) >= 11 is 0. The van der Waals surface area contributed by atoms with Crippen LogP contribution in [-0.2, 0) is 11.2 Å². The Morgan fingerprint density at radius 3 is 2.32 bits per heavy atom. The molecule has 2 aromatic carbocycles. The minimum atomic E-state index is -0.892. The lowest BCUT2D eigenvalue weighted by Crippen LogP contribution is -2.15. The highest BCUT2D eigenvalue weighted by molar-refractivity contribution is 5.77. The van der Waals surface area contributed by atoms with Crippen molar-refractivity contribution in [3.63, 3.8) is 0 Å². The summed E-state index contributed by atoms with van der Waals surface area (Å²) in [5, 5.41) is 9.71. The normalized spacial score (nSPS) is 11.6. The van der Waals surface area contributed by atoms with Crippen molar-refractivity contribution in [3.05, 3.63) is 53.6 Å². The van der Waals surface area contributed by atoms with E-state index in [1.165, 1.54) is 0 Å². The second-order valence-electron chi connectivity index (χ2n) is 5.48. The molecule has 1 atom stereocenters. The van der Waals surface area contributed by atoms with Crippen LogP contribution in [0.5, 0.6) is 17.2 Å². The number of benzene rings is 2. The average molecular weight is 344 g/mol. The zero-order valence-corrected chi connectivity index (χ0v) is 14.8. The monoisotopic (exact) mass is 344 g/mol. The van der Waals surface area contributed by atoms with Gasteiger partial charge in [-0.2, -0.15) is 0 Å². The number of carboxylic acids is 1. The Kier molecular flexibility index (Phi) is 6.69. The van der Waals surface area contributed by atoms with Gasteiger partial charge in [-0.1, -0.05) is 24.3 Å². The fraction of sp³-hybridized carbons (Fsp3) is 0.350. The molecule has 0 aliphatic carbocycles.